The van der Waals surface area contributed by atoms with Crippen molar-refractivity contribution in [3.63, 3.8) is 0 Å². The smallest absolute Gasteiger partial charge is 0.161 e. The van der Waals surface area contributed by atoms with Gasteiger partial charge in [0.25, 0.3) is 0 Å². The third-order valence-corrected chi connectivity index (χ3v) is 7.83. The van der Waals surface area contributed by atoms with E-state index in [1.165, 1.54) is 11.3 Å². The number of likely N-dealkylation sites (tertiary alicyclic amines) is 1. The van der Waals surface area contributed by atoms with E-state index in [1.54, 1.807) is 7.11 Å². The van der Waals surface area contributed by atoms with Gasteiger partial charge in [-0.15, -0.1) is 0 Å². The number of para-hydroxylation sites is 1. The maximum absolute atomic E-state index is 11.4. The Hall–Kier alpha value is -2.36. The molecule has 0 aliphatic carbocycles. The van der Waals surface area contributed by atoms with E-state index in [-0.39, 0.29) is 0 Å². The van der Waals surface area contributed by atoms with Gasteiger partial charge in [-0.25, -0.2) is 0 Å². The van der Waals surface area contributed by atoms with Crippen LogP contribution in [0.1, 0.15) is 12.0 Å². The van der Waals surface area contributed by atoms with Crippen molar-refractivity contribution < 1.29 is 19.3 Å². The summed E-state index contributed by atoms with van der Waals surface area (Å²) in [5.41, 5.74) is 1.82. The van der Waals surface area contributed by atoms with E-state index in [1.807, 2.05) is 6.07 Å². The Morgan fingerprint density at radius 1 is 0.865 bits per heavy atom. The molecule has 3 fully saturated rings. The summed E-state index contributed by atoms with van der Waals surface area (Å²) in [4.78, 5) is 9.58. The molecule has 0 aromatic heterocycles. The van der Waals surface area contributed by atoms with Crippen molar-refractivity contribution in [3.05, 3.63) is 54.1 Å². The first-order chi connectivity index (χ1) is 18.1. The number of aliphatic hydroxyl groups is 1. The summed E-state index contributed by atoms with van der Waals surface area (Å²) in [5.74, 6) is 1.55. The molecule has 3 aliphatic heterocycles. The van der Waals surface area contributed by atoms with Gasteiger partial charge < -0.3 is 24.2 Å². The number of hydrogen-bond donors (Lipinski definition) is 1. The van der Waals surface area contributed by atoms with Crippen molar-refractivity contribution in [3.8, 4) is 11.5 Å². The van der Waals surface area contributed by atoms with Gasteiger partial charge in [0.2, 0.25) is 0 Å². The quantitative estimate of drug-likeness (QED) is 0.522. The van der Waals surface area contributed by atoms with Crippen LogP contribution in [0.5, 0.6) is 11.5 Å². The van der Waals surface area contributed by atoms with Gasteiger partial charge in [-0.1, -0.05) is 24.3 Å². The lowest BCUT2D eigenvalue weighted by Gasteiger charge is -2.39. The van der Waals surface area contributed by atoms with Gasteiger partial charge in [-0.3, -0.25) is 14.7 Å². The Kier molecular flexibility index (Phi) is 8.84. The number of rotatable bonds is 10. The highest BCUT2D eigenvalue weighted by Gasteiger charge is 2.38. The minimum atomic E-state index is -0.651. The average molecular weight is 511 g/mol. The highest BCUT2D eigenvalue weighted by atomic mass is 16.5. The fourth-order valence-electron chi connectivity index (χ4n) is 5.72. The molecule has 37 heavy (non-hydrogen) atoms. The van der Waals surface area contributed by atoms with E-state index in [0.717, 1.165) is 96.6 Å². The number of nitrogens with zero attached hydrogens (tertiary/aromatic N) is 4. The Morgan fingerprint density at radius 2 is 1.65 bits per heavy atom. The van der Waals surface area contributed by atoms with Gasteiger partial charge in [0.05, 0.1) is 25.9 Å². The third-order valence-electron chi connectivity index (χ3n) is 7.83. The zero-order valence-corrected chi connectivity index (χ0v) is 22.2. The molecule has 0 radical (unpaired) electrons. The molecule has 0 saturated carbocycles. The minimum absolute atomic E-state index is 0.633. The van der Waals surface area contributed by atoms with Crippen LogP contribution in [0.25, 0.3) is 0 Å². The van der Waals surface area contributed by atoms with Gasteiger partial charge in [0, 0.05) is 77.7 Å². The monoisotopic (exact) mass is 510 g/mol. The second kappa shape index (κ2) is 12.5. The van der Waals surface area contributed by atoms with Crippen LogP contribution >= 0.6 is 0 Å². The van der Waals surface area contributed by atoms with Crippen LogP contribution in [0.15, 0.2) is 48.5 Å². The largest absolute Gasteiger partial charge is 0.493 e. The molecular formula is C29H42N4O4. The second-order valence-corrected chi connectivity index (χ2v) is 10.6. The standard InChI is InChI=1S/C29H42N4O4/c1-35-28-21-25(7-8-27(28)37-20-17-30-15-18-36-19-16-30)22-32-10-9-29(34,24-32)23-31-11-13-33(14-12-31)26-5-3-2-4-6-26/h2-8,21,34H,9-20,22-24H2,1H3/t29-/m1/s1. The van der Waals surface area contributed by atoms with Crippen molar-refractivity contribution in [2.24, 2.45) is 0 Å². The molecule has 0 amide bonds. The second-order valence-electron chi connectivity index (χ2n) is 10.6. The fourth-order valence-corrected chi connectivity index (χ4v) is 5.72. The summed E-state index contributed by atoms with van der Waals surface area (Å²) in [7, 11) is 1.69. The zero-order valence-electron chi connectivity index (χ0n) is 22.2. The molecule has 2 aromatic rings. The molecule has 202 valence electrons. The lowest BCUT2D eigenvalue weighted by Crippen LogP contribution is -2.52. The van der Waals surface area contributed by atoms with Crippen LogP contribution in [0.3, 0.4) is 0 Å². The number of ether oxygens (including phenoxy) is 3. The first-order valence-corrected chi connectivity index (χ1v) is 13.7. The molecule has 8 nitrogen and oxygen atoms in total. The number of morpholine rings is 1. The van der Waals surface area contributed by atoms with Crippen molar-refractivity contribution >= 4 is 5.69 Å². The summed E-state index contributed by atoms with van der Waals surface area (Å²) < 4.78 is 17.1. The molecule has 1 N–H and O–H groups in total. The molecule has 3 aliphatic rings. The Labute approximate surface area is 221 Å². The maximum Gasteiger partial charge on any atom is 0.161 e. The minimum Gasteiger partial charge on any atom is -0.493 e. The van der Waals surface area contributed by atoms with Crippen LogP contribution in [0, 0.1) is 0 Å². The van der Waals surface area contributed by atoms with E-state index < -0.39 is 5.60 Å². The summed E-state index contributed by atoms with van der Waals surface area (Å²) in [6.45, 7) is 12.2. The Balaban J connectivity index is 1.08. The Morgan fingerprint density at radius 3 is 2.41 bits per heavy atom. The number of anilines is 1. The predicted molar refractivity (Wildman–Crippen MR) is 146 cm³/mol. The molecule has 3 heterocycles. The summed E-state index contributed by atoms with van der Waals surface area (Å²) >= 11 is 0. The highest BCUT2D eigenvalue weighted by Crippen LogP contribution is 2.30. The Bertz CT molecular complexity index is 979. The zero-order chi connectivity index (χ0) is 25.5. The van der Waals surface area contributed by atoms with E-state index in [4.69, 9.17) is 14.2 Å². The van der Waals surface area contributed by atoms with Crippen LogP contribution in [-0.4, -0.2) is 118 Å². The maximum atomic E-state index is 11.4. The molecule has 0 spiro atoms. The molecular weight excluding hydrogens is 468 g/mol. The van der Waals surface area contributed by atoms with Gasteiger partial charge in [0.1, 0.15) is 6.61 Å². The number of hydrogen-bond acceptors (Lipinski definition) is 8. The lowest BCUT2D eigenvalue weighted by atomic mass is 10.0. The number of methoxy groups -OCH3 is 1. The van der Waals surface area contributed by atoms with Gasteiger partial charge in [-0.2, -0.15) is 0 Å². The van der Waals surface area contributed by atoms with Gasteiger partial charge in [0.15, 0.2) is 11.5 Å². The van der Waals surface area contributed by atoms with Crippen molar-refractivity contribution in [1.29, 1.82) is 0 Å². The van der Waals surface area contributed by atoms with Gasteiger partial charge in [-0.05, 0) is 36.2 Å². The summed E-state index contributed by atoms with van der Waals surface area (Å²) in [6, 6.07) is 16.8. The van der Waals surface area contributed by atoms with Crippen LogP contribution in [-0.2, 0) is 11.3 Å². The molecule has 0 bridgehead atoms. The molecule has 3 saturated heterocycles. The summed E-state index contributed by atoms with van der Waals surface area (Å²) in [5, 5.41) is 11.4. The lowest BCUT2D eigenvalue weighted by molar-refractivity contribution is 0.00978. The highest BCUT2D eigenvalue weighted by molar-refractivity contribution is 5.46. The molecule has 1 atom stereocenters. The number of benzene rings is 2. The van der Waals surface area contributed by atoms with Crippen molar-refractivity contribution in [2.45, 2.75) is 18.6 Å². The SMILES string of the molecule is COc1cc(CN2CC[C@@](O)(CN3CCN(c4ccccc4)CC3)C2)ccc1OCCN1CCOCC1. The third kappa shape index (κ3) is 7.15. The number of β-amino-alcohol motifs (C(OH)–C–C–N with tert-alkyl or cyclic N) is 1. The first kappa shape index (κ1) is 26.3. The fraction of sp³-hybridized carbons (Fsp3) is 0.586. The van der Waals surface area contributed by atoms with E-state index in [0.29, 0.717) is 13.2 Å². The average Bonchev–Trinajstić information content (AvgIpc) is 3.30. The van der Waals surface area contributed by atoms with Crippen LogP contribution in [0.4, 0.5) is 5.69 Å². The van der Waals surface area contributed by atoms with Gasteiger partial charge >= 0.3 is 0 Å². The van der Waals surface area contributed by atoms with Crippen LogP contribution < -0.4 is 14.4 Å². The summed E-state index contributed by atoms with van der Waals surface area (Å²) in [6.07, 6.45) is 0.811. The van der Waals surface area contributed by atoms with Crippen molar-refractivity contribution in [1.82, 2.24) is 14.7 Å². The molecule has 8 heteroatoms. The first-order valence-electron chi connectivity index (χ1n) is 13.7. The topological polar surface area (TPSA) is 60.9 Å². The number of piperazine rings is 1. The predicted octanol–water partition coefficient (Wildman–Crippen LogP) is 2.17. The van der Waals surface area contributed by atoms with E-state index in [2.05, 4.69) is 62.1 Å². The normalized spacial score (nSPS) is 23.9. The van der Waals surface area contributed by atoms with Crippen LogP contribution in [0.2, 0.25) is 0 Å². The molecule has 5 rings (SSSR count). The molecule has 2 aromatic carbocycles. The van der Waals surface area contributed by atoms with E-state index in [9.17, 15) is 5.11 Å². The molecule has 0 unspecified atom stereocenters. The van der Waals surface area contributed by atoms with E-state index >= 15 is 0 Å². The van der Waals surface area contributed by atoms with Crippen molar-refractivity contribution in [2.75, 3.05) is 97.3 Å².